The van der Waals surface area contributed by atoms with E-state index in [2.05, 4.69) is 10.6 Å². The number of ether oxygens (including phenoxy) is 1. The highest BCUT2D eigenvalue weighted by atomic mass is 16.6. The number of nitro groups is 1. The van der Waals surface area contributed by atoms with Crippen LogP contribution in [0.2, 0.25) is 0 Å². The summed E-state index contributed by atoms with van der Waals surface area (Å²) in [6.07, 6.45) is 0.856. The van der Waals surface area contributed by atoms with E-state index in [4.69, 9.17) is 4.74 Å². The zero-order chi connectivity index (χ0) is 15.7. The highest BCUT2D eigenvalue weighted by molar-refractivity contribution is 5.77. The molecule has 1 rings (SSSR count). The first-order valence-electron chi connectivity index (χ1n) is 6.96. The molecule has 0 saturated heterocycles. The Morgan fingerprint density at radius 3 is 2.76 bits per heavy atom. The molecule has 0 saturated carbocycles. The van der Waals surface area contributed by atoms with Crippen LogP contribution in [-0.4, -0.2) is 30.5 Å². The molecule has 1 aromatic carbocycles. The summed E-state index contributed by atoms with van der Waals surface area (Å²) in [7, 11) is 0. The summed E-state index contributed by atoms with van der Waals surface area (Å²) in [5.41, 5.74) is 0.667. The van der Waals surface area contributed by atoms with Gasteiger partial charge in [-0.15, -0.1) is 0 Å². The Morgan fingerprint density at radius 1 is 1.38 bits per heavy atom. The van der Waals surface area contributed by atoms with Gasteiger partial charge in [-0.2, -0.15) is 0 Å². The number of benzene rings is 1. The molecule has 0 radical (unpaired) electrons. The lowest BCUT2D eigenvalue weighted by Crippen LogP contribution is -2.29. The first-order chi connectivity index (χ1) is 10.1. The number of nitro benzene ring substituents is 1. The molecule has 0 atom stereocenters. The molecule has 116 valence electrons. The smallest absolute Gasteiger partial charge is 0.270 e. The molecule has 0 bridgehead atoms. The van der Waals surface area contributed by atoms with Gasteiger partial charge in [-0.3, -0.25) is 14.9 Å². The van der Waals surface area contributed by atoms with Crippen molar-refractivity contribution in [3.8, 4) is 5.75 Å². The maximum atomic E-state index is 11.5. The lowest BCUT2D eigenvalue weighted by molar-refractivity contribution is -0.384. The Hall–Kier alpha value is -2.15. The fourth-order valence-electron chi connectivity index (χ4n) is 1.68. The topological polar surface area (TPSA) is 93.5 Å². The molecular formula is C14H21N3O4. The first-order valence-corrected chi connectivity index (χ1v) is 6.96. The molecular weight excluding hydrogens is 274 g/mol. The van der Waals surface area contributed by atoms with Crippen LogP contribution in [0.5, 0.6) is 5.75 Å². The Morgan fingerprint density at radius 2 is 2.14 bits per heavy atom. The van der Waals surface area contributed by atoms with Crippen molar-refractivity contribution in [3.63, 3.8) is 0 Å². The molecule has 1 aromatic rings. The number of rotatable bonds is 9. The number of hydrogen-bond acceptors (Lipinski definition) is 5. The molecule has 21 heavy (non-hydrogen) atoms. The fourth-order valence-corrected chi connectivity index (χ4v) is 1.68. The summed E-state index contributed by atoms with van der Waals surface area (Å²) in [6, 6.07) is 4.36. The largest absolute Gasteiger partial charge is 0.483 e. The molecule has 1 amide bonds. The molecule has 0 aliphatic heterocycles. The van der Waals surface area contributed by atoms with Gasteiger partial charge in [-0.25, -0.2) is 0 Å². The Labute approximate surface area is 123 Å². The quantitative estimate of drug-likeness (QED) is 0.533. The number of nitrogens with one attached hydrogen (secondary N) is 2. The van der Waals surface area contributed by atoms with Crippen molar-refractivity contribution in [2.75, 3.05) is 19.7 Å². The Bertz CT molecular complexity index is 491. The Kier molecular flexibility index (Phi) is 7.17. The number of carbonyl (C=O) groups is 1. The van der Waals surface area contributed by atoms with E-state index >= 15 is 0 Å². The van der Waals surface area contributed by atoms with Crippen LogP contribution >= 0.6 is 0 Å². The van der Waals surface area contributed by atoms with Gasteiger partial charge in [0.05, 0.1) is 4.92 Å². The number of amides is 1. The molecule has 0 aromatic heterocycles. The molecule has 7 heteroatoms. The van der Waals surface area contributed by atoms with Crippen molar-refractivity contribution in [1.29, 1.82) is 0 Å². The van der Waals surface area contributed by atoms with E-state index in [1.165, 1.54) is 18.2 Å². The van der Waals surface area contributed by atoms with Crippen molar-refractivity contribution in [2.24, 2.45) is 0 Å². The number of non-ortho nitro benzene ring substituents is 1. The maximum Gasteiger partial charge on any atom is 0.270 e. The van der Waals surface area contributed by atoms with E-state index < -0.39 is 4.92 Å². The van der Waals surface area contributed by atoms with Gasteiger partial charge in [0.1, 0.15) is 5.75 Å². The molecule has 0 unspecified atom stereocenters. The SMILES string of the molecule is CCCNC(=O)COc1ccc([N+](=O)[O-])cc1CNCC. The molecule has 0 aliphatic rings. The van der Waals surface area contributed by atoms with Gasteiger partial charge in [0, 0.05) is 30.8 Å². The normalized spacial score (nSPS) is 10.2. The fraction of sp³-hybridized carbons (Fsp3) is 0.500. The first kappa shape index (κ1) is 16.9. The minimum absolute atomic E-state index is 0.00527. The van der Waals surface area contributed by atoms with Crippen LogP contribution in [0.4, 0.5) is 5.69 Å². The lowest BCUT2D eigenvalue weighted by atomic mass is 10.1. The van der Waals surface area contributed by atoms with Crippen LogP contribution < -0.4 is 15.4 Å². The van der Waals surface area contributed by atoms with Crippen molar-refractivity contribution < 1.29 is 14.5 Å². The van der Waals surface area contributed by atoms with E-state index in [1.54, 1.807) is 0 Å². The Balaban J connectivity index is 2.74. The maximum absolute atomic E-state index is 11.5. The van der Waals surface area contributed by atoms with Crippen LogP contribution in [0.3, 0.4) is 0 Å². The van der Waals surface area contributed by atoms with E-state index in [0.29, 0.717) is 24.4 Å². The van der Waals surface area contributed by atoms with Gasteiger partial charge in [0.25, 0.3) is 11.6 Å². The molecule has 0 aliphatic carbocycles. The van der Waals surface area contributed by atoms with Crippen LogP contribution in [-0.2, 0) is 11.3 Å². The minimum atomic E-state index is -0.451. The predicted octanol–water partition coefficient (Wildman–Crippen LogP) is 1.61. The van der Waals surface area contributed by atoms with E-state index in [-0.39, 0.29) is 18.2 Å². The average molecular weight is 295 g/mol. The highest BCUT2D eigenvalue weighted by Gasteiger charge is 2.12. The van der Waals surface area contributed by atoms with Crippen molar-refractivity contribution in [2.45, 2.75) is 26.8 Å². The van der Waals surface area contributed by atoms with Crippen LogP contribution in [0.15, 0.2) is 18.2 Å². The number of hydrogen-bond donors (Lipinski definition) is 2. The molecule has 0 spiro atoms. The van der Waals surface area contributed by atoms with E-state index in [1.807, 2.05) is 13.8 Å². The third kappa shape index (κ3) is 5.78. The van der Waals surface area contributed by atoms with Crippen LogP contribution in [0.25, 0.3) is 0 Å². The average Bonchev–Trinajstić information content (AvgIpc) is 2.48. The lowest BCUT2D eigenvalue weighted by Gasteiger charge is -2.11. The van der Waals surface area contributed by atoms with E-state index in [9.17, 15) is 14.9 Å². The summed E-state index contributed by atoms with van der Waals surface area (Å²) in [5.74, 6) is 0.276. The minimum Gasteiger partial charge on any atom is -0.483 e. The third-order valence-corrected chi connectivity index (χ3v) is 2.75. The van der Waals surface area contributed by atoms with Gasteiger partial charge in [-0.1, -0.05) is 13.8 Å². The molecule has 7 nitrogen and oxygen atoms in total. The van der Waals surface area contributed by atoms with Crippen molar-refractivity contribution >= 4 is 11.6 Å². The summed E-state index contributed by atoms with van der Waals surface area (Å²) in [4.78, 5) is 21.9. The molecule has 0 fully saturated rings. The van der Waals surface area contributed by atoms with Gasteiger partial charge >= 0.3 is 0 Å². The molecule has 0 heterocycles. The third-order valence-electron chi connectivity index (χ3n) is 2.75. The predicted molar refractivity (Wildman–Crippen MR) is 79.3 cm³/mol. The van der Waals surface area contributed by atoms with E-state index in [0.717, 1.165) is 13.0 Å². The highest BCUT2D eigenvalue weighted by Crippen LogP contribution is 2.24. The number of carbonyl (C=O) groups excluding carboxylic acids is 1. The van der Waals surface area contributed by atoms with Crippen LogP contribution in [0, 0.1) is 10.1 Å². The van der Waals surface area contributed by atoms with Crippen LogP contribution in [0.1, 0.15) is 25.8 Å². The second kappa shape index (κ2) is 8.91. The zero-order valence-electron chi connectivity index (χ0n) is 12.3. The zero-order valence-corrected chi connectivity index (χ0v) is 12.3. The summed E-state index contributed by atoms with van der Waals surface area (Å²) in [6.45, 7) is 5.59. The summed E-state index contributed by atoms with van der Waals surface area (Å²) >= 11 is 0. The van der Waals surface area contributed by atoms with Gasteiger partial charge in [0.15, 0.2) is 6.61 Å². The summed E-state index contributed by atoms with van der Waals surface area (Å²) in [5, 5.41) is 16.6. The second-order valence-corrected chi connectivity index (χ2v) is 4.47. The van der Waals surface area contributed by atoms with Gasteiger partial charge in [0.2, 0.25) is 0 Å². The monoisotopic (exact) mass is 295 g/mol. The second-order valence-electron chi connectivity index (χ2n) is 4.47. The van der Waals surface area contributed by atoms with Gasteiger partial charge < -0.3 is 15.4 Å². The van der Waals surface area contributed by atoms with Crippen molar-refractivity contribution in [1.82, 2.24) is 10.6 Å². The number of nitrogens with zero attached hydrogens (tertiary/aromatic N) is 1. The van der Waals surface area contributed by atoms with Crippen molar-refractivity contribution in [3.05, 3.63) is 33.9 Å². The van der Waals surface area contributed by atoms with Gasteiger partial charge in [-0.05, 0) is 19.0 Å². The molecule has 2 N–H and O–H groups in total. The standard InChI is InChI=1S/C14H21N3O4/c1-3-7-16-14(18)10-21-13-6-5-12(17(19)20)8-11(13)9-15-4-2/h5-6,8,15H,3-4,7,9-10H2,1-2H3,(H,16,18). The summed E-state index contributed by atoms with van der Waals surface area (Å²) < 4.78 is 5.45.